The molecule has 8 nitrogen and oxygen atoms in total. The van der Waals surface area contributed by atoms with E-state index in [-0.39, 0.29) is 36.3 Å². The molecular formula is C22H26ClN3O5. The van der Waals surface area contributed by atoms with Crippen LogP contribution >= 0.6 is 11.6 Å². The summed E-state index contributed by atoms with van der Waals surface area (Å²) < 4.78 is 5.02. The number of imide groups is 1. The van der Waals surface area contributed by atoms with E-state index in [0.717, 1.165) is 32.1 Å². The van der Waals surface area contributed by atoms with Gasteiger partial charge in [-0.3, -0.25) is 19.3 Å². The van der Waals surface area contributed by atoms with Gasteiger partial charge in [-0.25, -0.2) is 4.79 Å². The average Bonchev–Trinajstić information content (AvgIpc) is 3.07. The Balaban J connectivity index is 1.43. The van der Waals surface area contributed by atoms with Gasteiger partial charge in [-0.1, -0.05) is 19.3 Å². The van der Waals surface area contributed by atoms with Crippen molar-refractivity contribution in [3.05, 3.63) is 34.9 Å². The molecule has 0 unspecified atom stereocenters. The number of carbonyl (C=O) groups is 4. The molecule has 0 radical (unpaired) electrons. The Labute approximate surface area is 186 Å². The number of fused-ring (bicyclic) bond motifs is 1. The summed E-state index contributed by atoms with van der Waals surface area (Å²) in [5.74, 6) is -0.529. The van der Waals surface area contributed by atoms with E-state index < -0.39 is 6.09 Å². The van der Waals surface area contributed by atoms with Crippen molar-refractivity contribution in [1.82, 2.24) is 14.7 Å². The van der Waals surface area contributed by atoms with Gasteiger partial charge in [0.15, 0.2) is 0 Å². The molecule has 0 spiro atoms. The minimum absolute atomic E-state index is 0.0491. The van der Waals surface area contributed by atoms with E-state index in [1.165, 1.54) is 4.90 Å². The van der Waals surface area contributed by atoms with Gasteiger partial charge < -0.3 is 14.5 Å². The van der Waals surface area contributed by atoms with Crippen LogP contribution in [0, 0.1) is 0 Å². The number of amides is 4. The standard InChI is InChI=1S/C22H26ClN3O5/c23-8-13-31-22(30)25-11-9-24(10-12-25)19(27)15-6-7-17-18(14-15)21(29)26(20(17)28)16-4-2-1-3-5-16/h6-7,14,16H,1-5,8-13H2. The van der Waals surface area contributed by atoms with Gasteiger partial charge in [-0.05, 0) is 31.0 Å². The van der Waals surface area contributed by atoms with E-state index in [9.17, 15) is 19.2 Å². The molecule has 1 saturated heterocycles. The molecule has 0 atom stereocenters. The second-order valence-corrected chi connectivity index (χ2v) is 8.49. The fraction of sp³-hybridized carbons (Fsp3) is 0.545. The number of piperazine rings is 1. The summed E-state index contributed by atoms with van der Waals surface area (Å²) in [6.45, 7) is 1.62. The second kappa shape index (κ2) is 9.26. The summed E-state index contributed by atoms with van der Waals surface area (Å²) in [4.78, 5) is 55.3. The quantitative estimate of drug-likeness (QED) is 0.523. The smallest absolute Gasteiger partial charge is 0.409 e. The van der Waals surface area contributed by atoms with Crippen LogP contribution in [0.4, 0.5) is 4.79 Å². The number of rotatable bonds is 4. The molecule has 1 aliphatic carbocycles. The number of alkyl halides is 1. The number of hydrogen-bond donors (Lipinski definition) is 0. The molecule has 4 amide bonds. The van der Waals surface area contributed by atoms with Gasteiger partial charge in [0.05, 0.1) is 17.0 Å². The third-order valence-electron chi connectivity index (χ3n) is 6.23. The van der Waals surface area contributed by atoms with Gasteiger partial charge in [-0.2, -0.15) is 0 Å². The molecule has 2 fully saturated rings. The summed E-state index contributed by atoms with van der Waals surface area (Å²) in [7, 11) is 0. The third kappa shape index (κ3) is 4.26. The molecule has 4 rings (SSSR count). The zero-order valence-electron chi connectivity index (χ0n) is 17.3. The molecule has 31 heavy (non-hydrogen) atoms. The maximum atomic E-state index is 13.0. The topological polar surface area (TPSA) is 87.2 Å². The molecule has 3 aliphatic rings. The van der Waals surface area contributed by atoms with Crippen molar-refractivity contribution in [3.63, 3.8) is 0 Å². The van der Waals surface area contributed by atoms with Gasteiger partial charge in [0.2, 0.25) is 0 Å². The van der Waals surface area contributed by atoms with Crippen molar-refractivity contribution >= 4 is 35.4 Å². The highest BCUT2D eigenvalue weighted by atomic mass is 35.5. The van der Waals surface area contributed by atoms with Gasteiger partial charge in [0, 0.05) is 37.8 Å². The van der Waals surface area contributed by atoms with Gasteiger partial charge in [0.1, 0.15) is 6.61 Å². The van der Waals surface area contributed by atoms with E-state index in [0.29, 0.717) is 42.9 Å². The first kappa shape index (κ1) is 21.6. The Morgan fingerprint density at radius 2 is 1.58 bits per heavy atom. The van der Waals surface area contributed by atoms with Crippen LogP contribution in [0.5, 0.6) is 0 Å². The Morgan fingerprint density at radius 3 is 2.26 bits per heavy atom. The van der Waals surface area contributed by atoms with E-state index in [2.05, 4.69) is 0 Å². The lowest BCUT2D eigenvalue weighted by Crippen LogP contribution is -2.50. The molecule has 1 saturated carbocycles. The molecule has 0 aromatic heterocycles. The summed E-state index contributed by atoms with van der Waals surface area (Å²) >= 11 is 5.53. The molecule has 166 valence electrons. The lowest BCUT2D eigenvalue weighted by molar-refractivity contribution is 0.0548. The highest BCUT2D eigenvalue weighted by Crippen LogP contribution is 2.31. The average molecular weight is 448 g/mol. The number of benzene rings is 1. The number of nitrogens with zero attached hydrogens (tertiary/aromatic N) is 3. The number of halogens is 1. The van der Waals surface area contributed by atoms with Crippen molar-refractivity contribution in [1.29, 1.82) is 0 Å². The number of hydrogen-bond acceptors (Lipinski definition) is 5. The van der Waals surface area contributed by atoms with Crippen LogP contribution in [0.15, 0.2) is 18.2 Å². The summed E-state index contributed by atoms with van der Waals surface area (Å²) in [6, 6.07) is 4.69. The zero-order valence-corrected chi connectivity index (χ0v) is 18.1. The highest BCUT2D eigenvalue weighted by Gasteiger charge is 2.40. The third-order valence-corrected chi connectivity index (χ3v) is 6.39. The van der Waals surface area contributed by atoms with Crippen molar-refractivity contribution in [3.8, 4) is 0 Å². The van der Waals surface area contributed by atoms with Crippen LogP contribution in [0.25, 0.3) is 0 Å². The molecule has 2 aliphatic heterocycles. The fourth-order valence-electron chi connectivity index (χ4n) is 4.56. The summed E-state index contributed by atoms with van der Waals surface area (Å²) in [5.41, 5.74) is 1.06. The maximum Gasteiger partial charge on any atom is 0.409 e. The molecule has 2 heterocycles. The first-order valence-corrected chi connectivity index (χ1v) is 11.3. The fourth-order valence-corrected chi connectivity index (χ4v) is 4.63. The second-order valence-electron chi connectivity index (χ2n) is 8.12. The van der Waals surface area contributed by atoms with Crippen LogP contribution in [0.3, 0.4) is 0 Å². The predicted molar refractivity (Wildman–Crippen MR) is 113 cm³/mol. The van der Waals surface area contributed by atoms with Crippen LogP contribution in [-0.4, -0.2) is 83.2 Å². The normalized spacial score (nSPS) is 19.6. The molecule has 1 aromatic rings. The van der Waals surface area contributed by atoms with E-state index in [4.69, 9.17) is 16.3 Å². The van der Waals surface area contributed by atoms with Crippen LogP contribution < -0.4 is 0 Å². The van der Waals surface area contributed by atoms with E-state index in [1.54, 1.807) is 28.0 Å². The highest BCUT2D eigenvalue weighted by molar-refractivity contribution is 6.22. The first-order chi connectivity index (χ1) is 15.0. The minimum atomic E-state index is -0.433. The van der Waals surface area contributed by atoms with Crippen molar-refractivity contribution in [2.75, 3.05) is 38.7 Å². The SMILES string of the molecule is O=C(OCCCl)N1CCN(C(=O)c2ccc3c(c2)C(=O)N(C2CCCCC2)C3=O)CC1. The minimum Gasteiger partial charge on any atom is -0.448 e. The lowest BCUT2D eigenvalue weighted by Gasteiger charge is -2.34. The van der Waals surface area contributed by atoms with Crippen molar-refractivity contribution < 1.29 is 23.9 Å². The van der Waals surface area contributed by atoms with Crippen molar-refractivity contribution in [2.45, 2.75) is 38.1 Å². The Bertz CT molecular complexity index is 891. The Morgan fingerprint density at radius 1 is 0.935 bits per heavy atom. The number of carbonyl (C=O) groups excluding carboxylic acids is 4. The molecule has 0 N–H and O–H groups in total. The Hall–Kier alpha value is -2.61. The predicted octanol–water partition coefficient (Wildman–Crippen LogP) is 2.75. The van der Waals surface area contributed by atoms with Gasteiger partial charge in [-0.15, -0.1) is 11.6 Å². The largest absolute Gasteiger partial charge is 0.448 e. The van der Waals surface area contributed by atoms with E-state index >= 15 is 0 Å². The number of ether oxygens (including phenoxy) is 1. The summed E-state index contributed by atoms with van der Waals surface area (Å²) in [5, 5.41) is 0. The molecular weight excluding hydrogens is 422 g/mol. The monoisotopic (exact) mass is 447 g/mol. The van der Waals surface area contributed by atoms with Crippen LogP contribution in [-0.2, 0) is 4.74 Å². The maximum absolute atomic E-state index is 13.0. The molecule has 0 bridgehead atoms. The van der Waals surface area contributed by atoms with Gasteiger partial charge in [0.25, 0.3) is 17.7 Å². The van der Waals surface area contributed by atoms with Crippen LogP contribution in [0.1, 0.15) is 63.2 Å². The Kier molecular flexibility index (Phi) is 6.46. The molecule has 9 heteroatoms. The zero-order chi connectivity index (χ0) is 22.0. The first-order valence-electron chi connectivity index (χ1n) is 10.8. The van der Waals surface area contributed by atoms with Gasteiger partial charge >= 0.3 is 6.09 Å². The van der Waals surface area contributed by atoms with Crippen LogP contribution in [0.2, 0.25) is 0 Å². The molecule has 1 aromatic carbocycles. The van der Waals surface area contributed by atoms with Crippen molar-refractivity contribution in [2.24, 2.45) is 0 Å². The lowest BCUT2D eigenvalue weighted by atomic mass is 9.94. The van der Waals surface area contributed by atoms with E-state index in [1.807, 2.05) is 0 Å². The summed E-state index contributed by atoms with van der Waals surface area (Å²) in [6.07, 6.45) is 4.43.